The van der Waals surface area contributed by atoms with Crippen molar-refractivity contribution in [3.05, 3.63) is 70.0 Å². The van der Waals surface area contributed by atoms with E-state index in [1.807, 2.05) is 41.0 Å². The number of pyridine rings is 1. The zero-order valence-electron chi connectivity index (χ0n) is 16.2. The second-order valence-corrected chi connectivity index (χ2v) is 7.77. The molecule has 1 atom stereocenters. The maximum atomic E-state index is 11.7. The average molecular weight is 454 g/mol. The Bertz CT molecular complexity index is 1080. The van der Waals surface area contributed by atoms with E-state index in [4.69, 9.17) is 9.73 Å². The number of ketones is 1. The fourth-order valence-corrected chi connectivity index (χ4v) is 3.81. The number of aliphatic imine (C=N–C) groups is 1. The van der Waals surface area contributed by atoms with Crippen LogP contribution in [-0.4, -0.2) is 38.4 Å². The lowest BCUT2D eigenvalue weighted by atomic mass is 10.0. The highest BCUT2D eigenvalue weighted by atomic mass is 79.9. The van der Waals surface area contributed by atoms with Gasteiger partial charge in [0.1, 0.15) is 18.4 Å². The highest BCUT2D eigenvalue weighted by Crippen LogP contribution is 2.34. The van der Waals surface area contributed by atoms with Gasteiger partial charge >= 0.3 is 0 Å². The molecular formula is C21H20BrN5O2. The molecule has 148 valence electrons. The van der Waals surface area contributed by atoms with Crippen molar-refractivity contribution < 1.29 is 9.53 Å². The summed E-state index contributed by atoms with van der Waals surface area (Å²) in [6.07, 6.45) is 2.71. The first-order valence-electron chi connectivity index (χ1n) is 9.30. The molecule has 0 spiro atoms. The molecule has 0 aliphatic carbocycles. The Hall–Kier alpha value is -2.71. The predicted octanol–water partition coefficient (Wildman–Crippen LogP) is 3.83. The van der Waals surface area contributed by atoms with Gasteiger partial charge in [0, 0.05) is 29.8 Å². The van der Waals surface area contributed by atoms with Crippen LogP contribution in [0.4, 0.5) is 0 Å². The number of benzene rings is 1. The molecule has 7 nitrogen and oxygen atoms in total. The van der Waals surface area contributed by atoms with E-state index in [9.17, 15) is 4.79 Å². The monoisotopic (exact) mass is 453 g/mol. The van der Waals surface area contributed by atoms with E-state index in [-0.39, 0.29) is 11.8 Å². The zero-order valence-corrected chi connectivity index (χ0v) is 17.8. The largest absolute Gasteiger partial charge is 0.377 e. The summed E-state index contributed by atoms with van der Waals surface area (Å²) >= 11 is 3.58. The van der Waals surface area contributed by atoms with Gasteiger partial charge in [0.2, 0.25) is 0 Å². The van der Waals surface area contributed by atoms with Crippen molar-refractivity contribution in [2.75, 3.05) is 7.11 Å². The van der Waals surface area contributed by atoms with Crippen molar-refractivity contribution in [2.45, 2.75) is 32.4 Å². The lowest BCUT2D eigenvalue weighted by Crippen LogP contribution is -2.11. The van der Waals surface area contributed by atoms with Gasteiger partial charge in [-0.1, -0.05) is 22.0 Å². The Balaban J connectivity index is 1.97. The van der Waals surface area contributed by atoms with Crippen LogP contribution < -0.4 is 0 Å². The molecule has 1 aliphatic rings. The van der Waals surface area contributed by atoms with Crippen LogP contribution in [0, 0.1) is 0 Å². The van der Waals surface area contributed by atoms with E-state index in [1.54, 1.807) is 20.2 Å². The van der Waals surface area contributed by atoms with Crippen LogP contribution in [0.1, 0.15) is 48.7 Å². The number of carbonyl (C=O) groups is 1. The lowest BCUT2D eigenvalue weighted by Gasteiger charge is -2.14. The van der Waals surface area contributed by atoms with Gasteiger partial charge in [-0.3, -0.25) is 14.5 Å². The molecule has 0 fully saturated rings. The Morgan fingerprint density at radius 3 is 2.83 bits per heavy atom. The first-order valence-corrected chi connectivity index (χ1v) is 10.1. The number of fused-ring (bicyclic) bond motifs is 3. The second-order valence-electron chi connectivity index (χ2n) is 6.85. The topological polar surface area (TPSA) is 82.3 Å². The SMILES string of the molecule is COCc1nnc2n1-c1ccc(Br)cc1C(c1ccccn1)=N[C@H]2CCC(C)=O. The number of aromatic nitrogens is 4. The summed E-state index contributed by atoms with van der Waals surface area (Å²) in [7, 11) is 1.63. The molecule has 0 bridgehead atoms. The third-order valence-corrected chi connectivity index (χ3v) is 5.24. The van der Waals surface area contributed by atoms with Crippen molar-refractivity contribution in [3.63, 3.8) is 0 Å². The predicted molar refractivity (Wildman–Crippen MR) is 112 cm³/mol. The molecule has 8 heteroatoms. The van der Waals surface area contributed by atoms with E-state index in [0.717, 1.165) is 27.1 Å². The van der Waals surface area contributed by atoms with Crippen molar-refractivity contribution in [1.82, 2.24) is 19.7 Å². The second kappa shape index (κ2) is 8.34. The Morgan fingerprint density at radius 1 is 1.24 bits per heavy atom. The molecule has 0 N–H and O–H groups in total. The number of hydrogen-bond acceptors (Lipinski definition) is 6. The van der Waals surface area contributed by atoms with Gasteiger partial charge in [-0.05, 0) is 43.7 Å². The normalized spacial score (nSPS) is 15.3. The van der Waals surface area contributed by atoms with Crippen LogP contribution in [0.5, 0.6) is 0 Å². The third-order valence-electron chi connectivity index (χ3n) is 4.74. The molecule has 0 amide bonds. The summed E-state index contributed by atoms with van der Waals surface area (Å²) in [4.78, 5) is 21.2. The van der Waals surface area contributed by atoms with E-state index in [2.05, 4.69) is 31.1 Å². The Labute approximate surface area is 177 Å². The van der Waals surface area contributed by atoms with E-state index < -0.39 is 0 Å². The average Bonchev–Trinajstić information content (AvgIpc) is 3.06. The summed E-state index contributed by atoms with van der Waals surface area (Å²) in [5.74, 6) is 1.51. The molecule has 0 unspecified atom stereocenters. The van der Waals surface area contributed by atoms with Crippen LogP contribution in [0.3, 0.4) is 0 Å². The van der Waals surface area contributed by atoms with E-state index >= 15 is 0 Å². The molecule has 1 aromatic carbocycles. The summed E-state index contributed by atoms with van der Waals surface area (Å²) < 4.78 is 8.27. The third kappa shape index (κ3) is 3.90. The van der Waals surface area contributed by atoms with Gasteiger partial charge in [0.25, 0.3) is 0 Å². The number of methoxy groups -OCH3 is 1. The molecule has 1 aliphatic heterocycles. The zero-order chi connectivity index (χ0) is 20.4. The van der Waals surface area contributed by atoms with Gasteiger partial charge in [-0.2, -0.15) is 0 Å². The van der Waals surface area contributed by atoms with E-state index in [0.29, 0.717) is 31.1 Å². The first-order chi connectivity index (χ1) is 14.1. The van der Waals surface area contributed by atoms with Gasteiger partial charge < -0.3 is 9.53 Å². The van der Waals surface area contributed by atoms with Crippen molar-refractivity contribution in [2.24, 2.45) is 4.99 Å². The minimum atomic E-state index is -0.319. The van der Waals surface area contributed by atoms with Crippen molar-refractivity contribution >= 4 is 27.4 Å². The summed E-state index contributed by atoms with van der Waals surface area (Å²) in [5, 5.41) is 8.76. The van der Waals surface area contributed by atoms with Gasteiger partial charge in [-0.15, -0.1) is 10.2 Å². The molecule has 3 aromatic rings. The number of Topliss-reactive ketones (excluding diaryl/α,β-unsaturated/α-hetero) is 1. The maximum Gasteiger partial charge on any atom is 0.163 e. The molecule has 2 aromatic heterocycles. The minimum absolute atomic E-state index is 0.118. The highest BCUT2D eigenvalue weighted by Gasteiger charge is 2.29. The number of rotatable bonds is 6. The van der Waals surface area contributed by atoms with Crippen LogP contribution in [0.15, 0.2) is 52.1 Å². The molecule has 4 rings (SSSR count). The van der Waals surface area contributed by atoms with Gasteiger partial charge in [0.05, 0.1) is 17.1 Å². The van der Waals surface area contributed by atoms with Gasteiger partial charge in [0.15, 0.2) is 11.6 Å². The van der Waals surface area contributed by atoms with Crippen molar-refractivity contribution in [3.8, 4) is 5.69 Å². The number of nitrogens with zero attached hydrogens (tertiary/aromatic N) is 5. The number of ether oxygens (including phenoxy) is 1. The smallest absolute Gasteiger partial charge is 0.163 e. The molecular weight excluding hydrogens is 434 g/mol. The molecule has 0 saturated carbocycles. The fourth-order valence-electron chi connectivity index (χ4n) is 3.45. The first kappa shape index (κ1) is 19.6. The fraction of sp³-hybridized carbons (Fsp3) is 0.286. The van der Waals surface area contributed by atoms with Crippen LogP contribution in [0.25, 0.3) is 5.69 Å². The van der Waals surface area contributed by atoms with Crippen LogP contribution in [-0.2, 0) is 16.1 Å². The van der Waals surface area contributed by atoms with Crippen LogP contribution in [0.2, 0.25) is 0 Å². The Kier molecular flexibility index (Phi) is 5.64. The van der Waals surface area contributed by atoms with Crippen LogP contribution >= 0.6 is 15.9 Å². The number of carbonyl (C=O) groups excluding carboxylic acids is 1. The molecule has 29 heavy (non-hydrogen) atoms. The molecule has 3 heterocycles. The Morgan fingerprint density at radius 2 is 2.10 bits per heavy atom. The lowest BCUT2D eigenvalue weighted by molar-refractivity contribution is -0.117. The molecule has 0 saturated heterocycles. The number of halogens is 1. The standard InChI is InChI=1S/C21H20BrN5O2/c1-13(28)6-8-17-21-26-25-19(12-29-2)27(21)18-9-7-14(22)11-15(18)20(24-17)16-5-3-4-10-23-16/h3-5,7,9-11,17H,6,8,12H2,1-2H3/t17-/m0/s1. The number of hydrogen-bond donors (Lipinski definition) is 0. The van der Waals surface area contributed by atoms with Crippen molar-refractivity contribution in [1.29, 1.82) is 0 Å². The molecule has 0 radical (unpaired) electrons. The quantitative estimate of drug-likeness (QED) is 0.566. The summed E-state index contributed by atoms with van der Waals surface area (Å²) in [6, 6.07) is 11.4. The summed E-state index contributed by atoms with van der Waals surface area (Å²) in [5.41, 5.74) is 3.37. The maximum absolute atomic E-state index is 11.7. The summed E-state index contributed by atoms with van der Waals surface area (Å²) in [6.45, 7) is 1.91. The van der Waals surface area contributed by atoms with Gasteiger partial charge in [-0.25, -0.2) is 0 Å². The highest BCUT2D eigenvalue weighted by molar-refractivity contribution is 9.10. The van der Waals surface area contributed by atoms with E-state index in [1.165, 1.54) is 0 Å². The minimum Gasteiger partial charge on any atom is -0.377 e.